The molecule has 0 radical (unpaired) electrons. The zero-order valence-corrected chi connectivity index (χ0v) is 18.8. The smallest absolute Gasteiger partial charge is 0.301 e. The predicted octanol–water partition coefficient (Wildman–Crippen LogP) is 4.27. The number of phenols is 1. The van der Waals surface area contributed by atoms with E-state index in [-0.39, 0.29) is 22.8 Å². The number of benzene rings is 2. The molecule has 33 heavy (non-hydrogen) atoms. The Labute approximate surface area is 194 Å². The average molecular weight is 467 g/mol. The van der Waals surface area contributed by atoms with Crippen LogP contribution >= 0.6 is 11.3 Å². The Morgan fingerprint density at radius 1 is 1.09 bits per heavy atom. The highest BCUT2D eigenvalue weighted by atomic mass is 32.1. The van der Waals surface area contributed by atoms with E-state index in [0.717, 1.165) is 0 Å². The molecular formula is C24H22N2O6S. The van der Waals surface area contributed by atoms with E-state index >= 15 is 0 Å². The van der Waals surface area contributed by atoms with Crippen molar-refractivity contribution in [1.82, 2.24) is 4.98 Å². The molecule has 8 nitrogen and oxygen atoms in total. The van der Waals surface area contributed by atoms with Crippen molar-refractivity contribution in [2.24, 2.45) is 0 Å². The summed E-state index contributed by atoms with van der Waals surface area (Å²) in [6.45, 7) is 4.45. The van der Waals surface area contributed by atoms with E-state index in [0.29, 0.717) is 35.2 Å². The Bertz CT molecular complexity index is 1200. The molecule has 0 saturated carbocycles. The largest absolute Gasteiger partial charge is 0.507 e. The quantitative estimate of drug-likeness (QED) is 0.304. The van der Waals surface area contributed by atoms with Crippen molar-refractivity contribution in [3.63, 3.8) is 0 Å². The standard InChI is InChI=1S/C24H22N2O6S/c1-3-31-16-8-5-14(6-9-16)21(28)19-20(15-7-10-17(27)18(13-15)32-4-2)26(23(30)22(19)29)24-25-11-12-33-24/h5-13,20,27-28H,3-4H2,1-2H3/b21-19+. The summed E-state index contributed by atoms with van der Waals surface area (Å²) < 4.78 is 10.9. The van der Waals surface area contributed by atoms with Crippen molar-refractivity contribution in [3.05, 3.63) is 70.7 Å². The first-order valence-corrected chi connectivity index (χ1v) is 11.2. The Kier molecular flexibility index (Phi) is 6.32. The molecular weight excluding hydrogens is 444 g/mol. The van der Waals surface area contributed by atoms with Crippen LogP contribution < -0.4 is 14.4 Å². The number of aromatic hydroxyl groups is 1. The minimum atomic E-state index is -0.956. The van der Waals surface area contributed by atoms with Gasteiger partial charge < -0.3 is 19.7 Å². The van der Waals surface area contributed by atoms with Gasteiger partial charge in [0.05, 0.1) is 24.8 Å². The highest BCUT2D eigenvalue weighted by molar-refractivity contribution is 7.14. The first-order chi connectivity index (χ1) is 16.0. The SMILES string of the molecule is CCOc1ccc(/C(O)=C2\C(=O)C(=O)N(c3nccs3)C2c2ccc(O)c(OCC)c2)cc1. The van der Waals surface area contributed by atoms with Gasteiger partial charge in [0.15, 0.2) is 16.6 Å². The van der Waals surface area contributed by atoms with Crippen LogP contribution in [-0.4, -0.2) is 40.1 Å². The average Bonchev–Trinajstić information content (AvgIpc) is 3.43. The molecule has 9 heteroatoms. The second-order valence-electron chi connectivity index (χ2n) is 7.10. The molecule has 1 aliphatic heterocycles. The highest BCUT2D eigenvalue weighted by Gasteiger charge is 2.48. The van der Waals surface area contributed by atoms with E-state index in [4.69, 9.17) is 9.47 Å². The number of thiazole rings is 1. The van der Waals surface area contributed by atoms with Gasteiger partial charge >= 0.3 is 5.91 Å². The lowest BCUT2D eigenvalue weighted by atomic mass is 9.95. The second-order valence-corrected chi connectivity index (χ2v) is 7.97. The third kappa shape index (κ3) is 4.14. The number of carbonyl (C=O) groups is 2. The molecule has 1 atom stereocenters. The van der Waals surface area contributed by atoms with E-state index in [1.54, 1.807) is 48.7 Å². The zero-order valence-electron chi connectivity index (χ0n) is 18.0. The summed E-state index contributed by atoms with van der Waals surface area (Å²) in [5.74, 6) is -1.18. The van der Waals surface area contributed by atoms with Crippen LogP contribution in [0.1, 0.15) is 31.0 Å². The van der Waals surface area contributed by atoms with E-state index in [9.17, 15) is 19.8 Å². The Morgan fingerprint density at radius 3 is 2.45 bits per heavy atom. The number of phenolic OH excluding ortho intramolecular Hbond substituents is 1. The lowest BCUT2D eigenvalue weighted by Crippen LogP contribution is -2.29. The summed E-state index contributed by atoms with van der Waals surface area (Å²) >= 11 is 1.20. The number of carbonyl (C=O) groups excluding carboxylic acids is 2. The summed E-state index contributed by atoms with van der Waals surface area (Å²) in [6.07, 6.45) is 1.53. The number of ether oxygens (including phenoxy) is 2. The molecule has 1 aromatic heterocycles. The van der Waals surface area contributed by atoms with Crippen LogP contribution in [0.3, 0.4) is 0 Å². The molecule has 0 aliphatic carbocycles. The maximum atomic E-state index is 13.1. The molecule has 2 aromatic carbocycles. The van der Waals surface area contributed by atoms with Gasteiger partial charge in [-0.3, -0.25) is 14.5 Å². The molecule has 170 valence electrons. The van der Waals surface area contributed by atoms with Crippen LogP contribution in [0.4, 0.5) is 5.13 Å². The van der Waals surface area contributed by atoms with E-state index in [1.807, 2.05) is 6.92 Å². The Morgan fingerprint density at radius 2 is 1.82 bits per heavy atom. The second kappa shape index (κ2) is 9.33. The number of amides is 1. The monoisotopic (exact) mass is 466 g/mol. The number of rotatable bonds is 7. The molecule has 1 aliphatic rings. The number of Topliss-reactive ketones (excluding diaryl/α,β-unsaturated/α-hetero) is 1. The van der Waals surface area contributed by atoms with Crippen LogP contribution in [0.15, 0.2) is 59.6 Å². The van der Waals surface area contributed by atoms with Gasteiger partial charge in [-0.25, -0.2) is 4.98 Å². The normalized spacial score (nSPS) is 17.4. The van der Waals surface area contributed by atoms with Crippen molar-refractivity contribution >= 4 is 33.9 Å². The lowest BCUT2D eigenvalue weighted by molar-refractivity contribution is -0.132. The van der Waals surface area contributed by atoms with Crippen LogP contribution in [0.25, 0.3) is 5.76 Å². The number of aliphatic hydroxyl groups is 1. The molecule has 0 bridgehead atoms. The molecule has 0 spiro atoms. The molecule has 1 unspecified atom stereocenters. The van der Waals surface area contributed by atoms with Gasteiger partial charge in [0.2, 0.25) is 0 Å². The molecule has 1 saturated heterocycles. The number of hydrogen-bond acceptors (Lipinski definition) is 8. The fraction of sp³-hybridized carbons (Fsp3) is 0.208. The zero-order chi connectivity index (χ0) is 23.5. The fourth-order valence-corrected chi connectivity index (χ4v) is 4.35. The number of hydrogen-bond donors (Lipinski definition) is 2. The van der Waals surface area contributed by atoms with Gasteiger partial charge in [0, 0.05) is 17.1 Å². The number of anilines is 1. The summed E-state index contributed by atoms with van der Waals surface area (Å²) in [4.78, 5) is 31.6. The van der Waals surface area contributed by atoms with Crippen molar-refractivity contribution in [2.45, 2.75) is 19.9 Å². The van der Waals surface area contributed by atoms with E-state index < -0.39 is 17.7 Å². The minimum Gasteiger partial charge on any atom is -0.507 e. The third-order valence-corrected chi connectivity index (χ3v) is 5.88. The van der Waals surface area contributed by atoms with E-state index in [2.05, 4.69) is 4.98 Å². The summed E-state index contributed by atoms with van der Waals surface area (Å²) in [7, 11) is 0. The van der Waals surface area contributed by atoms with Gasteiger partial charge in [0.1, 0.15) is 11.5 Å². The topological polar surface area (TPSA) is 109 Å². The lowest BCUT2D eigenvalue weighted by Gasteiger charge is -2.23. The van der Waals surface area contributed by atoms with Gasteiger partial charge in [-0.05, 0) is 55.8 Å². The van der Waals surface area contributed by atoms with Gasteiger partial charge in [0.25, 0.3) is 5.78 Å². The first kappa shape index (κ1) is 22.3. The van der Waals surface area contributed by atoms with Gasteiger partial charge in [-0.2, -0.15) is 0 Å². The van der Waals surface area contributed by atoms with Crippen molar-refractivity contribution in [1.29, 1.82) is 0 Å². The number of ketones is 1. The van der Waals surface area contributed by atoms with Crippen molar-refractivity contribution < 1.29 is 29.3 Å². The molecule has 1 fully saturated rings. The van der Waals surface area contributed by atoms with Crippen LogP contribution in [0.5, 0.6) is 17.2 Å². The van der Waals surface area contributed by atoms with Gasteiger partial charge in [-0.1, -0.05) is 6.07 Å². The summed E-state index contributed by atoms with van der Waals surface area (Å²) in [5, 5.41) is 23.3. The maximum absolute atomic E-state index is 13.1. The highest BCUT2D eigenvalue weighted by Crippen LogP contribution is 2.44. The van der Waals surface area contributed by atoms with E-state index in [1.165, 1.54) is 28.5 Å². The van der Waals surface area contributed by atoms with Crippen LogP contribution in [-0.2, 0) is 9.59 Å². The Balaban J connectivity index is 1.89. The van der Waals surface area contributed by atoms with Crippen LogP contribution in [0, 0.1) is 0 Å². The molecule has 3 aromatic rings. The minimum absolute atomic E-state index is 0.0710. The molecule has 4 rings (SSSR count). The fourth-order valence-electron chi connectivity index (χ4n) is 3.68. The van der Waals surface area contributed by atoms with Crippen molar-refractivity contribution in [3.8, 4) is 17.2 Å². The third-order valence-electron chi connectivity index (χ3n) is 5.11. The molecule has 1 amide bonds. The first-order valence-electron chi connectivity index (χ1n) is 10.4. The van der Waals surface area contributed by atoms with Gasteiger partial charge in [-0.15, -0.1) is 11.3 Å². The summed E-state index contributed by atoms with van der Waals surface area (Å²) in [6, 6.07) is 10.2. The number of nitrogens with zero attached hydrogens (tertiary/aromatic N) is 2. The number of aromatic nitrogens is 1. The van der Waals surface area contributed by atoms with Crippen molar-refractivity contribution in [2.75, 3.05) is 18.1 Å². The maximum Gasteiger partial charge on any atom is 0.301 e. The Hall–Kier alpha value is -3.85. The molecule has 2 N–H and O–H groups in total. The predicted molar refractivity (Wildman–Crippen MR) is 124 cm³/mol. The van der Waals surface area contributed by atoms with Crippen LogP contribution in [0.2, 0.25) is 0 Å². The summed E-state index contributed by atoms with van der Waals surface area (Å²) in [5.41, 5.74) is 0.773. The molecule has 2 heterocycles. The number of aliphatic hydroxyl groups excluding tert-OH is 1.